The molecule has 0 aliphatic heterocycles. The van der Waals surface area contributed by atoms with Crippen molar-refractivity contribution in [3.63, 3.8) is 0 Å². The number of aromatic nitrogens is 1. The smallest absolute Gasteiger partial charge is 0.0708 e. The number of nitrogens with zero attached hydrogens (tertiary/aromatic N) is 1. The van der Waals surface area contributed by atoms with E-state index in [-0.39, 0.29) is 11.1 Å². The molecule has 0 bridgehead atoms. The molecule has 4 aromatic rings. The average Bonchev–Trinajstić information content (AvgIpc) is 2.78. The maximum Gasteiger partial charge on any atom is 0.0708 e. The first kappa shape index (κ1) is 11.5. The molecule has 0 aliphatic rings. The fourth-order valence-corrected chi connectivity index (χ4v) is 3.37. The Morgan fingerprint density at radius 3 is 1.96 bits per heavy atom. The molecule has 0 saturated carbocycles. The van der Waals surface area contributed by atoms with Crippen molar-refractivity contribution in [2.24, 2.45) is 0 Å². The van der Waals surface area contributed by atoms with Crippen LogP contribution in [0.25, 0.3) is 33.5 Å². The second kappa shape index (κ2) is 7.20. The van der Waals surface area contributed by atoms with Crippen LogP contribution in [-0.4, -0.2) is 4.98 Å². The molecule has 0 saturated heterocycles. The molecular weight excluding hydrogens is 326 g/mol. The Balaban J connectivity index is 2.03. The third-order valence-electron chi connectivity index (χ3n) is 4.69. The van der Waals surface area contributed by atoms with Crippen molar-refractivity contribution in [2.75, 3.05) is 0 Å². The predicted molar refractivity (Wildman–Crippen MR) is 115 cm³/mol. The lowest BCUT2D eigenvalue weighted by Crippen LogP contribution is -1.95. The highest BCUT2D eigenvalue weighted by atomic mass is 14.7. The van der Waals surface area contributed by atoms with Crippen LogP contribution in [0.1, 0.15) is 24.9 Å². The summed E-state index contributed by atoms with van der Waals surface area (Å²) < 4.78 is 48.9. The minimum Gasteiger partial charge on any atom is -0.256 e. The molecule has 0 spiro atoms. The van der Waals surface area contributed by atoms with E-state index in [0.29, 0.717) is 22.4 Å². The van der Waals surface area contributed by atoms with Gasteiger partial charge in [0.1, 0.15) is 0 Å². The third kappa shape index (κ3) is 3.41. The first-order valence-corrected chi connectivity index (χ1v) is 8.82. The van der Waals surface area contributed by atoms with Crippen LogP contribution < -0.4 is 0 Å². The zero-order chi connectivity index (χ0) is 23.8. The Morgan fingerprint density at radius 2 is 1.30 bits per heavy atom. The fourth-order valence-electron chi connectivity index (χ4n) is 3.37. The molecule has 27 heavy (non-hydrogen) atoms. The molecule has 4 rings (SSSR count). The van der Waals surface area contributed by atoms with Crippen molar-refractivity contribution in [3.8, 4) is 33.5 Å². The van der Waals surface area contributed by atoms with Crippen LogP contribution in [-0.2, 0) is 0 Å². The first-order valence-electron chi connectivity index (χ1n) is 11.8. The maximum atomic E-state index is 8.24. The van der Waals surface area contributed by atoms with Gasteiger partial charge in [0, 0.05) is 20.0 Å². The summed E-state index contributed by atoms with van der Waals surface area (Å²) in [5, 5.41) is 0. The Kier molecular flexibility index (Phi) is 3.07. The molecule has 1 aromatic heterocycles. The molecule has 0 N–H and O–H groups in total. The second-order valence-electron chi connectivity index (χ2n) is 6.56. The molecule has 0 unspecified atom stereocenters. The number of rotatable bonds is 3. The molecule has 0 atom stereocenters. The highest BCUT2D eigenvalue weighted by Gasteiger charge is 2.13. The zero-order valence-electron chi connectivity index (χ0n) is 21.0. The highest BCUT2D eigenvalue weighted by molar-refractivity contribution is 5.80. The van der Waals surface area contributed by atoms with E-state index in [1.807, 2.05) is 73.7 Å². The van der Waals surface area contributed by atoms with Crippen LogP contribution in [0, 0.1) is 20.6 Å². The van der Waals surface area contributed by atoms with Gasteiger partial charge in [-0.3, -0.25) is 4.98 Å². The monoisotopic (exact) mass is 355 g/mol. The van der Waals surface area contributed by atoms with E-state index < -0.39 is 13.7 Å². The molecule has 1 nitrogen and oxygen atoms in total. The van der Waals surface area contributed by atoms with Crippen LogP contribution in [0.4, 0.5) is 0 Å². The van der Waals surface area contributed by atoms with Gasteiger partial charge in [-0.2, -0.15) is 0 Å². The topological polar surface area (TPSA) is 12.9 Å². The molecule has 3 aromatic carbocycles. The molecular formula is C26H23N. The summed E-state index contributed by atoms with van der Waals surface area (Å²) in [5.41, 5.74) is 4.71. The summed E-state index contributed by atoms with van der Waals surface area (Å²) in [6, 6.07) is 24.2. The van der Waals surface area contributed by atoms with Gasteiger partial charge >= 0.3 is 0 Å². The summed E-state index contributed by atoms with van der Waals surface area (Å²) in [5.74, 6) is 0. The van der Waals surface area contributed by atoms with Crippen molar-refractivity contribution >= 4 is 0 Å². The summed E-state index contributed by atoms with van der Waals surface area (Å²) in [7, 11) is 0. The zero-order valence-corrected chi connectivity index (χ0v) is 15.0. The van der Waals surface area contributed by atoms with E-state index in [2.05, 4.69) is 4.98 Å². The summed E-state index contributed by atoms with van der Waals surface area (Å²) in [6.07, 6.45) is 1.35. The lowest BCUT2D eigenvalue weighted by atomic mass is 9.89. The number of hydrogen-bond donors (Lipinski definition) is 0. The van der Waals surface area contributed by atoms with Crippen LogP contribution in [0.3, 0.4) is 0 Å². The number of benzene rings is 3. The lowest BCUT2D eigenvalue weighted by molar-refractivity contribution is 1.26. The SMILES string of the molecule is [2H]C([2H])([2H])c1cnc(-c2ccccc2)cc1-c1c(C)cc(-c2ccccc2)cc1C([2H])([2H])[2H]. The van der Waals surface area contributed by atoms with Crippen LogP contribution in [0.15, 0.2) is 85.1 Å². The quantitative estimate of drug-likeness (QED) is 0.385. The molecule has 0 aliphatic carbocycles. The van der Waals surface area contributed by atoms with E-state index >= 15 is 0 Å². The van der Waals surface area contributed by atoms with Gasteiger partial charge in [0.05, 0.1) is 5.69 Å². The van der Waals surface area contributed by atoms with Crippen LogP contribution in [0.5, 0.6) is 0 Å². The Bertz CT molecular complexity index is 1280. The fraction of sp³-hybridized carbons (Fsp3) is 0.115. The average molecular weight is 356 g/mol. The van der Waals surface area contributed by atoms with E-state index in [1.165, 1.54) is 6.20 Å². The Labute approximate surface area is 169 Å². The molecule has 1 heterocycles. The van der Waals surface area contributed by atoms with Crippen LogP contribution in [0.2, 0.25) is 0 Å². The summed E-state index contributed by atoms with van der Waals surface area (Å²) in [6.45, 7) is -3.07. The van der Waals surface area contributed by atoms with E-state index in [9.17, 15) is 0 Å². The summed E-state index contributed by atoms with van der Waals surface area (Å²) >= 11 is 0. The molecule has 0 amide bonds. The normalized spacial score (nSPS) is 15.0. The molecule has 0 fully saturated rings. The van der Waals surface area contributed by atoms with Crippen molar-refractivity contribution in [1.29, 1.82) is 0 Å². The molecule has 0 radical (unpaired) electrons. The number of pyridine rings is 1. The van der Waals surface area contributed by atoms with Gasteiger partial charge < -0.3 is 0 Å². The molecule has 1 heteroatoms. The van der Waals surface area contributed by atoms with Gasteiger partial charge in [-0.05, 0) is 65.6 Å². The second-order valence-corrected chi connectivity index (χ2v) is 6.56. The van der Waals surface area contributed by atoms with Crippen molar-refractivity contribution < 1.29 is 8.22 Å². The van der Waals surface area contributed by atoms with E-state index in [0.717, 1.165) is 16.7 Å². The summed E-state index contributed by atoms with van der Waals surface area (Å²) in [4.78, 5) is 4.39. The van der Waals surface area contributed by atoms with Crippen molar-refractivity contribution in [1.82, 2.24) is 4.98 Å². The molecule has 132 valence electrons. The first-order chi connectivity index (χ1) is 15.6. The van der Waals surface area contributed by atoms with E-state index in [1.54, 1.807) is 12.1 Å². The minimum absolute atomic E-state index is 0.0308. The highest BCUT2D eigenvalue weighted by Crippen LogP contribution is 2.35. The van der Waals surface area contributed by atoms with E-state index in [4.69, 9.17) is 8.22 Å². The van der Waals surface area contributed by atoms with Gasteiger partial charge in [0.2, 0.25) is 0 Å². The Hall–Kier alpha value is -3.19. The predicted octanol–water partition coefficient (Wildman–Crippen LogP) is 7.01. The van der Waals surface area contributed by atoms with Gasteiger partial charge in [-0.1, -0.05) is 72.8 Å². The van der Waals surface area contributed by atoms with Gasteiger partial charge in [0.15, 0.2) is 0 Å². The van der Waals surface area contributed by atoms with Gasteiger partial charge in [-0.25, -0.2) is 0 Å². The third-order valence-corrected chi connectivity index (χ3v) is 4.69. The van der Waals surface area contributed by atoms with Crippen LogP contribution >= 0.6 is 0 Å². The number of aryl methyl sites for hydroxylation is 3. The van der Waals surface area contributed by atoms with Crippen molar-refractivity contribution in [2.45, 2.75) is 20.6 Å². The largest absolute Gasteiger partial charge is 0.256 e. The van der Waals surface area contributed by atoms with Gasteiger partial charge in [-0.15, -0.1) is 0 Å². The standard InChI is InChI=1S/C26H23N/c1-18-14-23(21-10-6-4-7-11-21)15-19(2)26(18)24-16-25(27-17-20(24)3)22-12-8-5-9-13-22/h4-17H,1-3H3/i1D3,3D3. The minimum atomic E-state index is -2.45. The van der Waals surface area contributed by atoms with Gasteiger partial charge in [0.25, 0.3) is 0 Å². The number of hydrogen-bond acceptors (Lipinski definition) is 1. The lowest BCUT2D eigenvalue weighted by Gasteiger charge is -2.16. The maximum absolute atomic E-state index is 8.24. The Morgan fingerprint density at radius 1 is 0.667 bits per heavy atom. The van der Waals surface area contributed by atoms with Crippen molar-refractivity contribution in [3.05, 3.63) is 102 Å².